The maximum Gasteiger partial charge on any atom is 0.0395 e. The Balaban J connectivity index is 1.67. The average Bonchev–Trinajstić information content (AvgIpc) is 2.89. The number of rotatable bonds is 3. The highest BCUT2D eigenvalue weighted by Crippen LogP contribution is 2.32. The van der Waals surface area contributed by atoms with Gasteiger partial charge in [-0.15, -0.1) is 0 Å². The van der Waals surface area contributed by atoms with Crippen LogP contribution in [-0.2, 0) is 6.42 Å². The van der Waals surface area contributed by atoms with Crippen molar-refractivity contribution >= 4 is 5.71 Å². The molecule has 1 aliphatic carbocycles. The average molecular weight is 241 g/mol. The molecule has 0 N–H and O–H groups in total. The minimum atomic E-state index is 0.732. The van der Waals surface area contributed by atoms with E-state index in [1.807, 2.05) is 0 Å². The molecule has 96 valence electrons. The fourth-order valence-electron chi connectivity index (χ4n) is 3.59. The van der Waals surface area contributed by atoms with E-state index < -0.39 is 0 Å². The molecule has 1 aliphatic heterocycles. The van der Waals surface area contributed by atoms with Crippen molar-refractivity contribution in [2.75, 3.05) is 6.54 Å². The van der Waals surface area contributed by atoms with Gasteiger partial charge < -0.3 is 0 Å². The van der Waals surface area contributed by atoms with Gasteiger partial charge in [-0.05, 0) is 37.2 Å². The van der Waals surface area contributed by atoms with Gasteiger partial charge in [-0.1, -0.05) is 49.6 Å². The number of hydrogen-bond acceptors (Lipinski definition) is 1. The van der Waals surface area contributed by atoms with Gasteiger partial charge in [-0.3, -0.25) is 4.99 Å². The van der Waals surface area contributed by atoms with Crippen molar-refractivity contribution in [3.8, 4) is 0 Å². The number of benzene rings is 1. The molecule has 1 saturated carbocycles. The van der Waals surface area contributed by atoms with Gasteiger partial charge in [0.15, 0.2) is 0 Å². The lowest BCUT2D eigenvalue weighted by atomic mass is 9.79. The molecule has 1 heterocycles. The van der Waals surface area contributed by atoms with Crippen LogP contribution >= 0.6 is 0 Å². The lowest BCUT2D eigenvalue weighted by Gasteiger charge is -2.25. The van der Waals surface area contributed by atoms with Gasteiger partial charge in [-0.2, -0.15) is 0 Å². The first kappa shape index (κ1) is 12.0. The summed E-state index contributed by atoms with van der Waals surface area (Å²) in [6.45, 7) is 1.07. The molecule has 1 aromatic carbocycles. The maximum absolute atomic E-state index is 4.85. The first-order valence-corrected chi connectivity index (χ1v) is 7.51. The summed E-state index contributed by atoms with van der Waals surface area (Å²) in [6, 6.07) is 10.9. The lowest BCUT2D eigenvalue weighted by molar-refractivity contribution is 0.427. The zero-order valence-electron chi connectivity index (χ0n) is 11.1. The monoisotopic (exact) mass is 241 g/mol. The van der Waals surface area contributed by atoms with Crippen LogP contribution in [0.1, 0.15) is 44.1 Å². The van der Waals surface area contributed by atoms with Crippen molar-refractivity contribution in [3.63, 3.8) is 0 Å². The first-order chi connectivity index (χ1) is 8.93. The molecular formula is C17H23N. The molecule has 0 saturated heterocycles. The van der Waals surface area contributed by atoms with E-state index in [9.17, 15) is 0 Å². The normalized spacial score (nSPS) is 25.1. The van der Waals surface area contributed by atoms with Crippen molar-refractivity contribution in [2.45, 2.75) is 44.9 Å². The van der Waals surface area contributed by atoms with Crippen LogP contribution in [0.25, 0.3) is 0 Å². The van der Waals surface area contributed by atoms with E-state index in [1.165, 1.54) is 50.5 Å². The molecule has 1 nitrogen and oxygen atoms in total. The highest BCUT2D eigenvalue weighted by molar-refractivity contribution is 5.90. The van der Waals surface area contributed by atoms with Gasteiger partial charge in [-0.25, -0.2) is 0 Å². The Hall–Kier alpha value is -1.11. The van der Waals surface area contributed by atoms with Crippen molar-refractivity contribution in [1.82, 2.24) is 0 Å². The van der Waals surface area contributed by atoms with Crippen molar-refractivity contribution < 1.29 is 0 Å². The summed E-state index contributed by atoms with van der Waals surface area (Å²) in [5, 5.41) is 0. The quantitative estimate of drug-likeness (QED) is 0.749. The third-order valence-corrected chi connectivity index (χ3v) is 4.54. The second-order valence-corrected chi connectivity index (χ2v) is 5.82. The van der Waals surface area contributed by atoms with Crippen molar-refractivity contribution in [1.29, 1.82) is 0 Å². The van der Waals surface area contributed by atoms with Gasteiger partial charge in [0.25, 0.3) is 0 Å². The smallest absolute Gasteiger partial charge is 0.0395 e. The zero-order chi connectivity index (χ0) is 12.2. The van der Waals surface area contributed by atoms with Crippen LogP contribution in [0, 0.1) is 11.8 Å². The molecule has 1 heteroatoms. The Kier molecular flexibility index (Phi) is 3.78. The SMILES string of the molecule is c1ccc(CC2CCN=C2C2CCCCC2)cc1. The molecule has 3 rings (SSSR count). The summed E-state index contributed by atoms with van der Waals surface area (Å²) in [5.41, 5.74) is 3.05. The molecule has 1 fully saturated rings. The molecule has 1 atom stereocenters. The van der Waals surface area contributed by atoms with E-state index in [-0.39, 0.29) is 0 Å². The van der Waals surface area contributed by atoms with Gasteiger partial charge in [0, 0.05) is 18.2 Å². The molecule has 0 radical (unpaired) electrons. The molecule has 0 spiro atoms. The fraction of sp³-hybridized carbons (Fsp3) is 0.588. The predicted molar refractivity (Wildman–Crippen MR) is 77.1 cm³/mol. The lowest BCUT2D eigenvalue weighted by Crippen LogP contribution is -2.24. The second kappa shape index (κ2) is 5.69. The largest absolute Gasteiger partial charge is 0.294 e. The van der Waals surface area contributed by atoms with Crippen LogP contribution in [0.2, 0.25) is 0 Å². The van der Waals surface area contributed by atoms with Crippen LogP contribution in [0.15, 0.2) is 35.3 Å². The maximum atomic E-state index is 4.85. The summed E-state index contributed by atoms with van der Waals surface area (Å²) >= 11 is 0. The van der Waals surface area contributed by atoms with Crippen LogP contribution in [0.3, 0.4) is 0 Å². The van der Waals surface area contributed by atoms with Crippen molar-refractivity contribution in [2.24, 2.45) is 16.8 Å². The van der Waals surface area contributed by atoms with E-state index in [4.69, 9.17) is 4.99 Å². The molecular weight excluding hydrogens is 218 g/mol. The molecule has 0 amide bonds. The summed E-state index contributed by atoms with van der Waals surface area (Å²) in [5.74, 6) is 1.55. The predicted octanol–water partition coefficient (Wildman–Crippen LogP) is 4.27. The van der Waals surface area contributed by atoms with E-state index >= 15 is 0 Å². The highest BCUT2D eigenvalue weighted by Gasteiger charge is 2.28. The highest BCUT2D eigenvalue weighted by atomic mass is 14.8. The van der Waals surface area contributed by atoms with Crippen LogP contribution in [0.5, 0.6) is 0 Å². The molecule has 0 aromatic heterocycles. The number of aliphatic imine (C=N–C) groups is 1. The summed E-state index contributed by atoms with van der Waals surface area (Å²) in [4.78, 5) is 4.85. The van der Waals surface area contributed by atoms with Gasteiger partial charge in [0.05, 0.1) is 0 Å². The third kappa shape index (κ3) is 2.66. The van der Waals surface area contributed by atoms with Gasteiger partial charge in [0.1, 0.15) is 0 Å². The fourth-order valence-corrected chi connectivity index (χ4v) is 3.59. The molecule has 18 heavy (non-hydrogen) atoms. The Morgan fingerprint density at radius 1 is 0.944 bits per heavy atom. The standard InChI is InChI=1S/C17H23N/c1-3-7-14(8-4-1)13-16-11-12-18-17(16)15-9-5-2-6-10-15/h1,3-4,7-8,15-16H,2,5-6,9-13H2. The van der Waals surface area contributed by atoms with Gasteiger partial charge in [0.2, 0.25) is 0 Å². The van der Waals surface area contributed by atoms with Crippen molar-refractivity contribution in [3.05, 3.63) is 35.9 Å². The Labute approximate surface area is 110 Å². The molecule has 1 aromatic rings. The Bertz CT molecular complexity index is 401. The van der Waals surface area contributed by atoms with E-state index in [0.717, 1.165) is 18.4 Å². The van der Waals surface area contributed by atoms with Gasteiger partial charge >= 0.3 is 0 Å². The summed E-state index contributed by atoms with van der Waals surface area (Å²) in [7, 11) is 0. The first-order valence-electron chi connectivity index (χ1n) is 7.51. The minimum Gasteiger partial charge on any atom is -0.294 e. The minimum absolute atomic E-state index is 0.732. The summed E-state index contributed by atoms with van der Waals surface area (Å²) in [6.07, 6.45) is 9.54. The zero-order valence-corrected chi connectivity index (χ0v) is 11.1. The van der Waals surface area contributed by atoms with Crippen LogP contribution in [-0.4, -0.2) is 12.3 Å². The molecule has 1 unspecified atom stereocenters. The van der Waals surface area contributed by atoms with Crippen LogP contribution in [0.4, 0.5) is 0 Å². The number of nitrogens with zero attached hydrogens (tertiary/aromatic N) is 1. The second-order valence-electron chi connectivity index (χ2n) is 5.82. The Morgan fingerprint density at radius 3 is 2.50 bits per heavy atom. The third-order valence-electron chi connectivity index (χ3n) is 4.54. The topological polar surface area (TPSA) is 12.4 Å². The van der Waals surface area contributed by atoms with Crippen LogP contribution < -0.4 is 0 Å². The van der Waals surface area contributed by atoms with E-state index in [0.29, 0.717) is 0 Å². The van der Waals surface area contributed by atoms with E-state index in [1.54, 1.807) is 5.71 Å². The Morgan fingerprint density at radius 2 is 1.72 bits per heavy atom. The summed E-state index contributed by atoms with van der Waals surface area (Å²) < 4.78 is 0. The molecule has 2 aliphatic rings. The molecule has 0 bridgehead atoms. The van der Waals surface area contributed by atoms with E-state index in [2.05, 4.69) is 30.3 Å². The number of hydrogen-bond donors (Lipinski definition) is 0.